The summed E-state index contributed by atoms with van der Waals surface area (Å²) in [5, 5.41) is 0. The van der Waals surface area contributed by atoms with Gasteiger partial charge in [0.05, 0.1) is 6.61 Å². The highest BCUT2D eigenvalue weighted by Gasteiger charge is 2.29. The molecule has 6 heteroatoms. The molecule has 0 aromatic heterocycles. The second kappa shape index (κ2) is 6.98. The van der Waals surface area contributed by atoms with Crippen LogP contribution in [-0.4, -0.2) is 33.5 Å². The van der Waals surface area contributed by atoms with Crippen molar-refractivity contribution in [2.45, 2.75) is 13.3 Å². The van der Waals surface area contributed by atoms with Crippen molar-refractivity contribution in [3.63, 3.8) is 0 Å². The van der Waals surface area contributed by atoms with Gasteiger partial charge in [0, 0.05) is 25.7 Å². The van der Waals surface area contributed by atoms with Crippen LogP contribution in [0.5, 0.6) is 0 Å². The zero-order valence-corrected chi connectivity index (χ0v) is 10.9. The fourth-order valence-corrected chi connectivity index (χ4v) is 1.89. The maximum absolute atomic E-state index is 13.1. The summed E-state index contributed by atoms with van der Waals surface area (Å²) < 4.78 is 42.4. The molecule has 1 aromatic rings. The van der Waals surface area contributed by atoms with E-state index in [1.807, 2.05) is 6.92 Å². The highest BCUT2D eigenvalue weighted by Crippen LogP contribution is 2.11. The quantitative estimate of drug-likeness (QED) is 0.602. The second-order valence-electron chi connectivity index (χ2n) is 4.61. The molecule has 0 N–H and O–H groups in total. The Kier molecular flexibility index (Phi) is 5.30. The molecule has 2 rings (SSSR count). The average molecular weight is 270 g/mol. The Morgan fingerprint density at radius 1 is 1.26 bits per heavy atom. The molecule has 0 radical (unpaired) electrons. The van der Waals surface area contributed by atoms with Gasteiger partial charge in [0.2, 0.25) is 0 Å². The molecule has 1 aliphatic heterocycles. The van der Waals surface area contributed by atoms with E-state index in [1.165, 1.54) is 6.07 Å². The van der Waals surface area contributed by atoms with Crippen molar-refractivity contribution < 1.29 is 22.8 Å². The predicted octanol–water partition coefficient (Wildman–Crippen LogP) is 1.75. The van der Waals surface area contributed by atoms with Crippen LogP contribution < -0.4 is 5.46 Å². The first-order valence-electron chi connectivity index (χ1n) is 6.46. The van der Waals surface area contributed by atoms with E-state index in [9.17, 15) is 8.78 Å². The van der Waals surface area contributed by atoms with Crippen molar-refractivity contribution in [1.82, 2.24) is 0 Å². The van der Waals surface area contributed by atoms with E-state index < -0.39 is 18.8 Å². The summed E-state index contributed by atoms with van der Waals surface area (Å²) in [7, 11) is -0.627. The van der Waals surface area contributed by atoms with E-state index in [4.69, 9.17) is 14.0 Å². The maximum Gasteiger partial charge on any atom is 0.493 e. The Bertz CT molecular complexity index is 409. The lowest BCUT2D eigenvalue weighted by molar-refractivity contribution is 0.0192. The molecule has 0 unspecified atom stereocenters. The minimum absolute atomic E-state index is 0.188. The van der Waals surface area contributed by atoms with Gasteiger partial charge in [0.25, 0.3) is 0 Å². The molecule has 1 aromatic carbocycles. The van der Waals surface area contributed by atoms with Crippen LogP contribution in [0, 0.1) is 17.6 Å². The highest BCUT2D eigenvalue weighted by atomic mass is 19.2. The monoisotopic (exact) mass is 270 g/mol. The first kappa shape index (κ1) is 14.4. The molecule has 0 bridgehead atoms. The van der Waals surface area contributed by atoms with Crippen molar-refractivity contribution >= 4 is 12.6 Å². The van der Waals surface area contributed by atoms with E-state index in [0.29, 0.717) is 25.3 Å². The molecular weight excluding hydrogens is 253 g/mol. The van der Waals surface area contributed by atoms with Crippen LogP contribution in [0.25, 0.3) is 0 Å². The van der Waals surface area contributed by atoms with E-state index in [2.05, 4.69) is 0 Å². The molecule has 3 nitrogen and oxygen atoms in total. The highest BCUT2D eigenvalue weighted by molar-refractivity contribution is 6.61. The summed E-state index contributed by atoms with van der Waals surface area (Å²) in [5.74, 6) is -1.57. The first-order valence-corrected chi connectivity index (χ1v) is 6.46. The molecule has 104 valence electrons. The maximum atomic E-state index is 13.1. The largest absolute Gasteiger partial charge is 0.493 e. The lowest BCUT2D eigenvalue weighted by Gasteiger charge is -2.27. The van der Waals surface area contributed by atoms with Gasteiger partial charge in [-0.05, 0) is 24.0 Å². The molecule has 1 fully saturated rings. The van der Waals surface area contributed by atoms with Crippen LogP contribution >= 0.6 is 0 Å². The van der Waals surface area contributed by atoms with Gasteiger partial charge in [-0.2, -0.15) is 0 Å². The molecule has 0 saturated carbocycles. The van der Waals surface area contributed by atoms with Gasteiger partial charge in [-0.3, -0.25) is 0 Å². The normalized spacial score (nSPS) is 16.9. The van der Waals surface area contributed by atoms with Gasteiger partial charge in [0.15, 0.2) is 11.6 Å². The van der Waals surface area contributed by atoms with Crippen molar-refractivity contribution in [3.8, 4) is 0 Å². The van der Waals surface area contributed by atoms with Crippen LogP contribution in [-0.2, 0) is 14.0 Å². The summed E-state index contributed by atoms with van der Waals surface area (Å²) in [6, 6.07) is 3.65. The summed E-state index contributed by atoms with van der Waals surface area (Å²) >= 11 is 0. The fourth-order valence-electron chi connectivity index (χ4n) is 1.89. The molecular formula is C13H17BF2O3. The van der Waals surface area contributed by atoms with Gasteiger partial charge >= 0.3 is 7.12 Å². The Balaban J connectivity index is 1.84. The van der Waals surface area contributed by atoms with Crippen molar-refractivity contribution in [2.24, 2.45) is 5.92 Å². The molecule has 0 amide bonds. The summed E-state index contributed by atoms with van der Waals surface area (Å²) in [4.78, 5) is 0. The Morgan fingerprint density at radius 2 is 2.00 bits per heavy atom. The summed E-state index contributed by atoms with van der Waals surface area (Å²) in [6.45, 7) is 4.36. The topological polar surface area (TPSA) is 27.7 Å². The molecule has 1 heterocycles. The minimum Gasteiger partial charge on any atom is -0.407 e. The van der Waals surface area contributed by atoms with Crippen LogP contribution in [0.1, 0.15) is 13.3 Å². The third-order valence-electron chi connectivity index (χ3n) is 2.88. The number of hydrogen-bond donors (Lipinski definition) is 0. The third-order valence-corrected chi connectivity index (χ3v) is 2.88. The van der Waals surface area contributed by atoms with Crippen molar-refractivity contribution in [3.05, 3.63) is 29.8 Å². The summed E-state index contributed by atoms with van der Waals surface area (Å²) in [5.41, 5.74) is 0.492. The average Bonchev–Trinajstić information content (AvgIpc) is 2.43. The Morgan fingerprint density at radius 3 is 2.63 bits per heavy atom. The van der Waals surface area contributed by atoms with Crippen molar-refractivity contribution in [1.29, 1.82) is 0 Å². The zero-order chi connectivity index (χ0) is 13.7. The van der Waals surface area contributed by atoms with Gasteiger partial charge < -0.3 is 14.0 Å². The fraction of sp³-hybridized carbons (Fsp3) is 0.538. The standard InChI is InChI=1S/C13H17BF2O3/c1-2-5-17-7-10-8-18-14(19-9-10)11-3-4-12(15)13(16)6-11/h3-4,6,10H,2,5,7-9H2,1H3. The van der Waals surface area contributed by atoms with E-state index >= 15 is 0 Å². The number of benzene rings is 1. The van der Waals surface area contributed by atoms with Crippen LogP contribution in [0.3, 0.4) is 0 Å². The van der Waals surface area contributed by atoms with Crippen LogP contribution in [0.4, 0.5) is 8.78 Å². The Hall–Kier alpha value is -0.975. The van der Waals surface area contributed by atoms with Crippen molar-refractivity contribution in [2.75, 3.05) is 26.4 Å². The lowest BCUT2D eigenvalue weighted by atomic mass is 9.77. The van der Waals surface area contributed by atoms with Gasteiger partial charge in [0.1, 0.15) is 0 Å². The second-order valence-corrected chi connectivity index (χ2v) is 4.61. The SMILES string of the molecule is CCCOCC1COB(c2ccc(F)c(F)c2)OC1. The molecule has 1 saturated heterocycles. The predicted molar refractivity (Wildman–Crippen MR) is 68.3 cm³/mol. The molecule has 0 spiro atoms. The molecule has 1 aliphatic rings. The number of halogens is 2. The van der Waals surface area contributed by atoms with E-state index in [1.54, 1.807) is 0 Å². The molecule has 19 heavy (non-hydrogen) atoms. The molecule has 0 aliphatic carbocycles. The number of hydrogen-bond acceptors (Lipinski definition) is 3. The van der Waals surface area contributed by atoms with E-state index in [0.717, 1.165) is 25.2 Å². The van der Waals surface area contributed by atoms with Gasteiger partial charge in [-0.25, -0.2) is 8.78 Å². The van der Waals surface area contributed by atoms with Crippen LogP contribution in [0.15, 0.2) is 18.2 Å². The number of ether oxygens (including phenoxy) is 1. The van der Waals surface area contributed by atoms with Crippen LogP contribution in [0.2, 0.25) is 0 Å². The Labute approximate surface area is 112 Å². The minimum atomic E-state index is -0.891. The number of rotatable bonds is 5. The first-order chi connectivity index (χ1) is 9.20. The zero-order valence-electron chi connectivity index (χ0n) is 10.9. The van der Waals surface area contributed by atoms with Gasteiger partial charge in [-0.15, -0.1) is 0 Å². The smallest absolute Gasteiger partial charge is 0.407 e. The van der Waals surface area contributed by atoms with E-state index in [-0.39, 0.29) is 5.92 Å². The van der Waals surface area contributed by atoms with Gasteiger partial charge in [-0.1, -0.05) is 13.0 Å². The summed E-state index contributed by atoms with van der Waals surface area (Å²) in [6.07, 6.45) is 0.978. The molecule has 0 atom stereocenters. The third kappa shape index (κ3) is 3.99. The lowest BCUT2D eigenvalue weighted by Crippen LogP contribution is -2.45.